The van der Waals surface area contributed by atoms with Gasteiger partial charge in [0, 0.05) is 12.0 Å². The Morgan fingerprint density at radius 3 is 2.38 bits per heavy atom. The standard InChI is InChI=1S/C32H29F3N4O5S/c1-3-4-14-29-36-39(27-13-9-8-12-26(27)32(33,34)35)31(41)38(29)20-22-15-16-25(23-10-6-5-7-11-23)28(19-22)45(42,43)37-30(40)24-17-18-44-21(24)2/h5-13,15-19H,3-4,14,20H2,1-2H3,(H,37,40). The number of benzene rings is 3. The molecule has 0 fully saturated rings. The van der Waals surface area contributed by atoms with E-state index in [0.717, 1.165) is 17.2 Å². The molecule has 234 valence electrons. The molecule has 0 aliphatic heterocycles. The summed E-state index contributed by atoms with van der Waals surface area (Å²) in [6, 6.07) is 19.2. The lowest BCUT2D eigenvalue weighted by Crippen LogP contribution is -2.31. The molecule has 0 aliphatic carbocycles. The third-order valence-electron chi connectivity index (χ3n) is 7.22. The molecule has 2 heterocycles. The molecule has 0 aliphatic rings. The van der Waals surface area contributed by atoms with Gasteiger partial charge in [-0.05, 0) is 48.7 Å². The van der Waals surface area contributed by atoms with Crippen molar-refractivity contribution in [2.75, 3.05) is 0 Å². The quantitative estimate of drug-likeness (QED) is 0.197. The Morgan fingerprint density at radius 2 is 1.71 bits per heavy atom. The molecule has 5 aromatic rings. The van der Waals surface area contributed by atoms with Crippen LogP contribution in [0.1, 0.15) is 52.8 Å². The number of aromatic nitrogens is 3. The van der Waals surface area contributed by atoms with Gasteiger partial charge in [0.2, 0.25) is 0 Å². The SMILES string of the molecule is CCCCc1nn(-c2ccccc2C(F)(F)F)c(=O)n1Cc1ccc(-c2ccccc2)c(S(=O)(=O)NC(=O)c2ccoc2C)c1. The lowest BCUT2D eigenvalue weighted by molar-refractivity contribution is -0.137. The normalized spacial score (nSPS) is 11.9. The van der Waals surface area contributed by atoms with Crippen LogP contribution in [0.5, 0.6) is 0 Å². The fourth-order valence-corrected chi connectivity index (χ4v) is 6.20. The van der Waals surface area contributed by atoms with E-state index in [-0.39, 0.29) is 28.6 Å². The van der Waals surface area contributed by atoms with Gasteiger partial charge in [-0.3, -0.25) is 9.36 Å². The number of furan rings is 1. The van der Waals surface area contributed by atoms with Gasteiger partial charge >= 0.3 is 11.9 Å². The Balaban J connectivity index is 1.61. The number of alkyl halides is 3. The van der Waals surface area contributed by atoms with Crippen molar-refractivity contribution >= 4 is 15.9 Å². The van der Waals surface area contributed by atoms with Gasteiger partial charge < -0.3 is 4.42 Å². The zero-order valence-electron chi connectivity index (χ0n) is 24.3. The van der Waals surface area contributed by atoms with Gasteiger partial charge in [0.25, 0.3) is 15.9 Å². The van der Waals surface area contributed by atoms with Crippen molar-refractivity contribution in [1.82, 2.24) is 19.1 Å². The number of carbonyl (C=O) groups excluding carboxylic acids is 1. The molecule has 0 saturated heterocycles. The summed E-state index contributed by atoms with van der Waals surface area (Å²) in [6.45, 7) is 3.27. The molecule has 1 N–H and O–H groups in total. The number of sulfonamides is 1. The molecule has 0 radical (unpaired) electrons. The average Bonchev–Trinajstić information content (AvgIpc) is 3.58. The summed E-state index contributed by atoms with van der Waals surface area (Å²) in [5, 5.41) is 4.28. The highest BCUT2D eigenvalue weighted by molar-refractivity contribution is 7.90. The van der Waals surface area contributed by atoms with E-state index in [4.69, 9.17) is 4.42 Å². The van der Waals surface area contributed by atoms with Crippen LogP contribution in [-0.2, 0) is 29.2 Å². The van der Waals surface area contributed by atoms with Crippen LogP contribution in [0, 0.1) is 6.92 Å². The first-order chi connectivity index (χ1) is 21.4. The van der Waals surface area contributed by atoms with E-state index >= 15 is 0 Å². The molecule has 0 spiro atoms. The molecule has 5 rings (SSSR count). The van der Waals surface area contributed by atoms with Crippen LogP contribution in [0.4, 0.5) is 13.2 Å². The molecule has 0 atom stereocenters. The van der Waals surface area contributed by atoms with E-state index in [0.29, 0.717) is 29.5 Å². The highest BCUT2D eigenvalue weighted by Gasteiger charge is 2.35. The van der Waals surface area contributed by atoms with Crippen LogP contribution >= 0.6 is 0 Å². The lowest BCUT2D eigenvalue weighted by Gasteiger charge is -2.14. The first kappa shape index (κ1) is 31.5. The van der Waals surface area contributed by atoms with Gasteiger partial charge in [-0.25, -0.2) is 17.9 Å². The van der Waals surface area contributed by atoms with Crippen molar-refractivity contribution in [2.24, 2.45) is 0 Å². The van der Waals surface area contributed by atoms with E-state index in [1.807, 2.05) is 6.92 Å². The van der Waals surface area contributed by atoms with Crippen LogP contribution in [0.15, 0.2) is 99.2 Å². The monoisotopic (exact) mass is 638 g/mol. The van der Waals surface area contributed by atoms with Crippen molar-refractivity contribution in [3.05, 3.63) is 124 Å². The van der Waals surface area contributed by atoms with E-state index in [2.05, 4.69) is 9.82 Å². The molecule has 0 bridgehead atoms. The highest BCUT2D eigenvalue weighted by Crippen LogP contribution is 2.33. The topological polar surface area (TPSA) is 116 Å². The molecule has 2 aromatic heterocycles. The largest absolute Gasteiger partial charge is 0.469 e. The first-order valence-corrected chi connectivity index (χ1v) is 15.5. The van der Waals surface area contributed by atoms with Gasteiger partial charge in [0.05, 0.1) is 34.5 Å². The maximum atomic E-state index is 13.8. The van der Waals surface area contributed by atoms with Gasteiger partial charge in [0.15, 0.2) is 0 Å². The number of amides is 1. The number of nitrogens with one attached hydrogen (secondary N) is 1. The number of nitrogens with zero attached hydrogens (tertiary/aromatic N) is 3. The van der Waals surface area contributed by atoms with Crippen molar-refractivity contribution < 1.29 is 30.8 Å². The summed E-state index contributed by atoms with van der Waals surface area (Å²) >= 11 is 0. The number of halogens is 3. The molecule has 0 unspecified atom stereocenters. The van der Waals surface area contributed by atoms with Crippen LogP contribution in [0.2, 0.25) is 0 Å². The van der Waals surface area contributed by atoms with E-state index in [9.17, 15) is 31.2 Å². The van der Waals surface area contributed by atoms with Gasteiger partial charge in [0.1, 0.15) is 11.6 Å². The predicted octanol–water partition coefficient (Wildman–Crippen LogP) is 6.13. The van der Waals surface area contributed by atoms with Crippen LogP contribution in [0.25, 0.3) is 16.8 Å². The average molecular weight is 639 g/mol. The predicted molar refractivity (Wildman–Crippen MR) is 161 cm³/mol. The number of unbranched alkanes of at least 4 members (excludes halogenated alkanes) is 1. The maximum absolute atomic E-state index is 13.8. The molecule has 9 nitrogen and oxygen atoms in total. The van der Waals surface area contributed by atoms with Crippen LogP contribution in [0.3, 0.4) is 0 Å². The Kier molecular flexibility index (Phi) is 8.82. The first-order valence-electron chi connectivity index (χ1n) is 14.1. The zero-order valence-corrected chi connectivity index (χ0v) is 25.2. The molecule has 3 aromatic carbocycles. The number of hydrogen-bond acceptors (Lipinski definition) is 6. The number of para-hydroxylation sites is 1. The second-order valence-electron chi connectivity index (χ2n) is 10.3. The van der Waals surface area contributed by atoms with Crippen molar-refractivity contribution in [3.63, 3.8) is 0 Å². The molecular formula is C32H29F3N4O5S. The highest BCUT2D eigenvalue weighted by atomic mass is 32.2. The molecular weight excluding hydrogens is 609 g/mol. The third-order valence-corrected chi connectivity index (χ3v) is 8.59. The fraction of sp³-hybridized carbons (Fsp3) is 0.219. The summed E-state index contributed by atoms with van der Waals surface area (Å²) in [7, 11) is -4.46. The van der Waals surface area contributed by atoms with Crippen molar-refractivity contribution in [1.29, 1.82) is 0 Å². The van der Waals surface area contributed by atoms with E-state index in [1.54, 1.807) is 42.5 Å². The number of aryl methyl sites for hydroxylation is 2. The van der Waals surface area contributed by atoms with Gasteiger partial charge in [-0.15, -0.1) is 5.10 Å². The second kappa shape index (κ2) is 12.6. The second-order valence-corrected chi connectivity index (χ2v) is 12.0. The molecule has 0 saturated carbocycles. The van der Waals surface area contributed by atoms with Crippen molar-refractivity contribution in [3.8, 4) is 16.8 Å². The Hall–Kier alpha value is -4.91. The smallest absolute Gasteiger partial charge is 0.418 e. The molecule has 1 amide bonds. The molecule has 45 heavy (non-hydrogen) atoms. The van der Waals surface area contributed by atoms with Gasteiger partial charge in [-0.1, -0.05) is 67.9 Å². The zero-order chi connectivity index (χ0) is 32.4. The summed E-state index contributed by atoms with van der Waals surface area (Å²) in [5.41, 5.74) is -0.960. The maximum Gasteiger partial charge on any atom is 0.418 e. The van der Waals surface area contributed by atoms with Crippen LogP contribution in [-0.4, -0.2) is 28.7 Å². The van der Waals surface area contributed by atoms with E-state index < -0.39 is 39.0 Å². The minimum Gasteiger partial charge on any atom is -0.469 e. The Bertz CT molecular complexity index is 2010. The molecule has 13 heteroatoms. The Labute approximate surface area is 257 Å². The van der Waals surface area contributed by atoms with E-state index in [1.165, 1.54) is 48.1 Å². The van der Waals surface area contributed by atoms with Crippen molar-refractivity contribution in [2.45, 2.75) is 50.7 Å². The number of hydrogen-bond donors (Lipinski definition) is 1. The van der Waals surface area contributed by atoms with Gasteiger partial charge in [-0.2, -0.15) is 17.9 Å². The fourth-order valence-electron chi connectivity index (χ4n) is 4.95. The summed E-state index contributed by atoms with van der Waals surface area (Å²) in [4.78, 5) is 26.3. The third kappa shape index (κ3) is 6.63. The summed E-state index contributed by atoms with van der Waals surface area (Å²) < 4.78 is 78.0. The lowest BCUT2D eigenvalue weighted by atomic mass is 10.0. The summed E-state index contributed by atoms with van der Waals surface area (Å²) in [5.74, 6) is -0.393. The minimum absolute atomic E-state index is 0.0506. The van der Waals surface area contributed by atoms with Crippen LogP contribution < -0.4 is 10.4 Å². The summed E-state index contributed by atoms with van der Waals surface area (Å²) in [6.07, 6.45) is -1.79. The minimum atomic E-state index is -4.72. The number of carbonyl (C=O) groups is 1. The number of rotatable bonds is 10. The Morgan fingerprint density at radius 1 is 1.00 bits per heavy atom.